The monoisotopic (exact) mass is 257 g/mol. The number of fused-ring (bicyclic) bond motifs is 2. The SMILES string of the molecule is CCc1ccc(C(CC)NC2CC3CCC2C3)cc1. The van der Waals surface area contributed by atoms with Gasteiger partial charge in [-0.05, 0) is 55.1 Å². The van der Waals surface area contributed by atoms with Crippen LogP contribution in [0.25, 0.3) is 0 Å². The van der Waals surface area contributed by atoms with Gasteiger partial charge in [-0.2, -0.15) is 0 Å². The number of hydrogen-bond donors (Lipinski definition) is 1. The fraction of sp³-hybridized carbons (Fsp3) is 0.667. The smallest absolute Gasteiger partial charge is 0.0320 e. The zero-order chi connectivity index (χ0) is 13.2. The maximum absolute atomic E-state index is 3.95. The highest BCUT2D eigenvalue weighted by Gasteiger charge is 2.39. The number of nitrogens with one attached hydrogen (secondary N) is 1. The van der Waals surface area contributed by atoms with Crippen LogP contribution in [0.15, 0.2) is 24.3 Å². The Morgan fingerprint density at radius 1 is 1.11 bits per heavy atom. The normalized spacial score (nSPS) is 30.7. The van der Waals surface area contributed by atoms with E-state index in [2.05, 4.69) is 43.4 Å². The maximum Gasteiger partial charge on any atom is 0.0320 e. The van der Waals surface area contributed by atoms with Gasteiger partial charge in [0.1, 0.15) is 0 Å². The van der Waals surface area contributed by atoms with Crippen LogP contribution in [0.4, 0.5) is 0 Å². The average Bonchev–Trinajstić information content (AvgIpc) is 3.07. The molecule has 1 aromatic rings. The minimum absolute atomic E-state index is 0.551. The molecule has 0 saturated heterocycles. The van der Waals surface area contributed by atoms with Gasteiger partial charge in [-0.1, -0.05) is 44.5 Å². The molecule has 104 valence electrons. The van der Waals surface area contributed by atoms with Crippen molar-refractivity contribution in [3.63, 3.8) is 0 Å². The highest BCUT2D eigenvalue weighted by atomic mass is 15.0. The lowest BCUT2D eigenvalue weighted by Crippen LogP contribution is -2.36. The molecule has 0 spiro atoms. The summed E-state index contributed by atoms with van der Waals surface area (Å²) in [7, 11) is 0. The highest BCUT2D eigenvalue weighted by Crippen LogP contribution is 2.45. The molecule has 2 bridgehead atoms. The van der Waals surface area contributed by atoms with Crippen LogP contribution >= 0.6 is 0 Å². The fourth-order valence-corrected chi connectivity index (χ4v) is 4.14. The number of rotatable bonds is 5. The van der Waals surface area contributed by atoms with Crippen LogP contribution in [0, 0.1) is 11.8 Å². The van der Waals surface area contributed by atoms with E-state index in [4.69, 9.17) is 0 Å². The van der Waals surface area contributed by atoms with Crippen LogP contribution in [-0.2, 0) is 6.42 Å². The molecular formula is C18H27N. The van der Waals surface area contributed by atoms with Crippen molar-refractivity contribution in [3.8, 4) is 0 Å². The summed E-state index contributed by atoms with van der Waals surface area (Å²) in [6, 6.07) is 10.6. The van der Waals surface area contributed by atoms with Crippen molar-refractivity contribution in [2.24, 2.45) is 11.8 Å². The quantitative estimate of drug-likeness (QED) is 0.820. The van der Waals surface area contributed by atoms with E-state index in [1.54, 1.807) is 0 Å². The van der Waals surface area contributed by atoms with Crippen molar-refractivity contribution in [2.45, 2.75) is 64.5 Å². The Labute approximate surface area is 117 Å². The Bertz CT molecular complexity index is 408. The van der Waals surface area contributed by atoms with E-state index in [9.17, 15) is 0 Å². The lowest BCUT2D eigenvalue weighted by atomic mass is 9.93. The van der Waals surface area contributed by atoms with Crippen LogP contribution in [0.2, 0.25) is 0 Å². The first kappa shape index (κ1) is 13.2. The van der Waals surface area contributed by atoms with Crippen LogP contribution in [-0.4, -0.2) is 6.04 Å². The summed E-state index contributed by atoms with van der Waals surface area (Å²) in [4.78, 5) is 0. The lowest BCUT2D eigenvalue weighted by molar-refractivity contribution is 0.315. The van der Waals surface area contributed by atoms with Crippen molar-refractivity contribution in [1.82, 2.24) is 5.32 Å². The molecule has 0 amide bonds. The molecule has 4 atom stereocenters. The van der Waals surface area contributed by atoms with Crippen LogP contribution in [0.5, 0.6) is 0 Å². The van der Waals surface area contributed by atoms with Crippen LogP contribution in [0.3, 0.4) is 0 Å². The molecule has 1 N–H and O–H groups in total. The zero-order valence-corrected chi connectivity index (χ0v) is 12.4. The molecule has 0 heterocycles. The molecule has 19 heavy (non-hydrogen) atoms. The highest BCUT2D eigenvalue weighted by molar-refractivity contribution is 5.25. The summed E-state index contributed by atoms with van der Waals surface area (Å²) in [6.07, 6.45) is 8.20. The Morgan fingerprint density at radius 2 is 1.89 bits per heavy atom. The molecule has 0 radical (unpaired) electrons. The van der Waals surface area contributed by atoms with Gasteiger partial charge in [-0.15, -0.1) is 0 Å². The fourth-order valence-electron chi connectivity index (χ4n) is 4.14. The van der Waals surface area contributed by atoms with Gasteiger partial charge in [0.25, 0.3) is 0 Å². The van der Waals surface area contributed by atoms with Crippen molar-refractivity contribution < 1.29 is 0 Å². The third kappa shape index (κ3) is 2.72. The number of aryl methyl sites for hydroxylation is 1. The topological polar surface area (TPSA) is 12.0 Å². The van der Waals surface area contributed by atoms with E-state index >= 15 is 0 Å². The number of hydrogen-bond acceptors (Lipinski definition) is 1. The van der Waals surface area contributed by atoms with Crippen LogP contribution < -0.4 is 5.32 Å². The van der Waals surface area contributed by atoms with Gasteiger partial charge in [0.15, 0.2) is 0 Å². The summed E-state index contributed by atoms with van der Waals surface area (Å²) in [5.74, 6) is 2.00. The van der Waals surface area contributed by atoms with E-state index in [1.165, 1.54) is 43.2 Å². The molecule has 1 aromatic carbocycles. The predicted octanol–water partition coefficient (Wildman–Crippen LogP) is 4.48. The molecule has 0 aromatic heterocycles. The molecule has 2 aliphatic carbocycles. The molecule has 2 fully saturated rings. The standard InChI is InChI=1S/C18H27N/c1-3-13-5-8-15(9-6-13)17(4-2)19-18-12-14-7-10-16(18)11-14/h5-6,8-9,14,16-19H,3-4,7,10-12H2,1-2H3. The first-order valence-electron chi connectivity index (χ1n) is 8.15. The van der Waals surface area contributed by atoms with E-state index in [0.717, 1.165) is 24.3 Å². The maximum atomic E-state index is 3.95. The second-order valence-electron chi connectivity index (χ2n) is 6.50. The minimum Gasteiger partial charge on any atom is -0.307 e. The van der Waals surface area contributed by atoms with Gasteiger partial charge < -0.3 is 5.32 Å². The molecule has 3 rings (SSSR count). The summed E-state index contributed by atoms with van der Waals surface area (Å²) >= 11 is 0. The first-order chi connectivity index (χ1) is 9.30. The Kier molecular flexibility index (Phi) is 3.93. The van der Waals surface area contributed by atoms with Gasteiger partial charge >= 0.3 is 0 Å². The summed E-state index contributed by atoms with van der Waals surface area (Å²) < 4.78 is 0. The number of benzene rings is 1. The molecular weight excluding hydrogens is 230 g/mol. The Hall–Kier alpha value is -0.820. The minimum atomic E-state index is 0.551. The van der Waals surface area contributed by atoms with E-state index < -0.39 is 0 Å². The Balaban J connectivity index is 1.66. The summed E-state index contributed by atoms with van der Waals surface area (Å²) in [5, 5.41) is 3.95. The molecule has 1 heteroatoms. The largest absolute Gasteiger partial charge is 0.307 e. The summed E-state index contributed by atoms with van der Waals surface area (Å²) in [6.45, 7) is 4.53. The second-order valence-corrected chi connectivity index (χ2v) is 6.50. The van der Waals surface area contributed by atoms with Crippen molar-refractivity contribution in [2.75, 3.05) is 0 Å². The summed E-state index contributed by atoms with van der Waals surface area (Å²) in [5.41, 5.74) is 2.92. The van der Waals surface area contributed by atoms with Crippen molar-refractivity contribution in [3.05, 3.63) is 35.4 Å². The van der Waals surface area contributed by atoms with Gasteiger partial charge in [0.05, 0.1) is 0 Å². The zero-order valence-electron chi connectivity index (χ0n) is 12.4. The van der Waals surface area contributed by atoms with Crippen molar-refractivity contribution >= 4 is 0 Å². The van der Waals surface area contributed by atoms with E-state index in [1.807, 2.05) is 0 Å². The third-order valence-corrected chi connectivity index (χ3v) is 5.35. The lowest BCUT2D eigenvalue weighted by Gasteiger charge is -2.28. The van der Waals surface area contributed by atoms with E-state index in [0.29, 0.717) is 6.04 Å². The molecule has 0 aliphatic heterocycles. The molecule has 2 aliphatic rings. The second kappa shape index (κ2) is 5.66. The van der Waals surface area contributed by atoms with Gasteiger partial charge in [-0.3, -0.25) is 0 Å². The predicted molar refractivity (Wildman–Crippen MR) is 81.2 cm³/mol. The average molecular weight is 257 g/mol. The third-order valence-electron chi connectivity index (χ3n) is 5.35. The van der Waals surface area contributed by atoms with Gasteiger partial charge in [0.2, 0.25) is 0 Å². The van der Waals surface area contributed by atoms with Crippen molar-refractivity contribution in [1.29, 1.82) is 0 Å². The Morgan fingerprint density at radius 3 is 2.42 bits per heavy atom. The first-order valence-corrected chi connectivity index (χ1v) is 8.15. The van der Waals surface area contributed by atoms with E-state index in [-0.39, 0.29) is 0 Å². The van der Waals surface area contributed by atoms with Gasteiger partial charge in [0, 0.05) is 12.1 Å². The molecule has 4 unspecified atom stereocenters. The molecule has 1 nitrogen and oxygen atoms in total. The van der Waals surface area contributed by atoms with Crippen LogP contribution in [0.1, 0.15) is 63.1 Å². The molecule has 2 saturated carbocycles. The van der Waals surface area contributed by atoms with Gasteiger partial charge in [-0.25, -0.2) is 0 Å².